The molecule has 4 heteroatoms. The third-order valence-electron chi connectivity index (χ3n) is 1.74. The average Bonchev–Trinajstić information content (AvgIpc) is 2.15. The van der Waals surface area contributed by atoms with Crippen LogP contribution in [0.5, 0.6) is 5.75 Å². The molecule has 0 saturated heterocycles. The van der Waals surface area contributed by atoms with E-state index in [0.717, 1.165) is 0 Å². The Labute approximate surface area is 93.6 Å². The van der Waals surface area contributed by atoms with E-state index in [4.69, 9.17) is 21.4 Å². The van der Waals surface area contributed by atoms with E-state index in [2.05, 4.69) is 0 Å². The minimum atomic E-state index is -1.03. The fourth-order valence-electron chi connectivity index (χ4n) is 1.05. The van der Waals surface area contributed by atoms with Crippen molar-refractivity contribution in [1.82, 2.24) is 0 Å². The number of benzene rings is 1. The summed E-state index contributed by atoms with van der Waals surface area (Å²) >= 11 is 5.70. The van der Waals surface area contributed by atoms with Gasteiger partial charge in [0.2, 0.25) is 0 Å². The molecule has 0 aromatic heterocycles. The minimum absolute atomic E-state index is 0.100. The first-order valence-corrected chi connectivity index (χ1v) is 5.04. The third-order valence-corrected chi connectivity index (χ3v) is 1.98. The summed E-state index contributed by atoms with van der Waals surface area (Å²) in [5, 5.41) is 9.31. The molecule has 0 heterocycles. The highest BCUT2D eigenvalue weighted by Crippen LogP contribution is 2.23. The Kier molecular flexibility index (Phi) is 3.97. The zero-order valence-corrected chi connectivity index (χ0v) is 9.41. The maximum absolute atomic E-state index is 10.9. The van der Waals surface area contributed by atoms with Gasteiger partial charge >= 0.3 is 5.97 Å². The Morgan fingerprint density at radius 2 is 2.20 bits per heavy atom. The van der Waals surface area contributed by atoms with Crippen LogP contribution >= 0.6 is 11.6 Å². The topological polar surface area (TPSA) is 46.5 Å². The summed E-state index contributed by atoms with van der Waals surface area (Å²) in [4.78, 5) is 10.9. The summed E-state index contributed by atoms with van der Waals surface area (Å²) in [7, 11) is 0. The molecule has 0 saturated carbocycles. The molecule has 0 aliphatic heterocycles. The Hall–Kier alpha value is -1.22. The summed E-state index contributed by atoms with van der Waals surface area (Å²) < 4.78 is 5.38. The number of aromatic carboxylic acids is 1. The quantitative estimate of drug-likeness (QED) is 0.862. The standard InChI is InChI=1S/C11H13ClO3/c1-7(2)6-15-10-4-3-8(12)5-9(10)11(13)14/h3-5,7H,6H2,1-2H3,(H,13,14). The van der Waals surface area contributed by atoms with E-state index in [1.54, 1.807) is 12.1 Å². The van der Waals surface area contributed by atoms with Crippen molar-refractivity contribution in [3.8, 4) is 5.75 Å². The molecule has 1 aromatic carbocycles. The molecule has 15 heavy (non-hydrogen) atoms. The first kappa shape index (κ1) is 11.9. The average molecular weight is 229 g/mol. The number of carboxylic acids is 1. The molecule has 0 radical (unpaired) electrons. The van der Waals surface area contributed by atoms with Crippen molar-refractivity contribution in [3.63, 3.8) is 0 Å². The lowest BCUT2D eigenvalue weighted by atomic mass is 10.2. The van der Waals surface area contributed by atoms with Gasteiger partial charge in [0.25, 0.3) is 0 Å². The summed E-state index contributed by atoms with van der Waals surface area (Å²) in [5.41, 5.74) is 0.100. The van der Waals surface area contributed by atoms with Crippen LogP contribution < -0.4 is 4.74 Å². The van der Waals surface area contributed by atoms with Gasteiger partial charge in [0.15, 0.2) is 0 Å². The number of ether oxygens (including phenoxy) is 1. The second kappa shape index (κ2) is 5.03. The number of hydrogen-bond acceptors (Lipinski definition) is 2. The van der Waals surface area contributed by atoms with Gasteiger partial charge in [0.1, 0.15) is 11.3 Å². The molecule has 3 nitrogen and oxygen atoms in total. The zero-order chi connectivity index (χ0) is 11.4. The fourth-order valence-corrected chi connectivity index (χ4v) is 1.22. The second-order valence-electron chi connectivity index (χ2n) is 3.65. The molecule has 0 bridgehead atoms. The smallest absolute Gasteiger partial charge is 0.339 e. The van der Waals surface area contributed by atoms with E-state index in [0.29, 0.717) is 23.3 Å². The minimum Gasteiger partial charge on any atom is -0.492 e. The second-order valence-corrected chi connectivity index (χ2v) is 4.09. The van der Waals surface area contributed by atoms with E-state index in [-0.39, 0.29) is 5.56 Å². The predicted molar refractivity (Wildman–Crippen MR) is 58.7 cm³/mol. The number of carboxylic acid groups (broad SMARTS) is 1. The van der Waals surface area contributed by atoms with Crippen molar-refractivity contribution in [1.29, 1.82) is 0 Å². The monoisotopic (exact) mass is 228 g/mol. The maximum atomic E-state index is 10.9. The number of carbonyl (C=O) groups is 1. The van der Waals surface area contributed by atoms with Crippen molar-refractivity contribution >= 4 is 17.6 Å². The van der Waals surface area contributed by atoms with Crippen LogP contribution in [-0.2, 0) is 0 Å². The molecule has 0 fully saturated rings. The third kappa shape index (κ3) is 3.44. The van der Waals surface area contributed by atoms with Crippen LogP contribution in [0.4, 0.5) is 0 Å². The van der Waals surface area contributed by atoms with Gasteiger partial charge < -0.3 is 9.84 Å². The van der Waals surface area contributed by atoms with Gasteiger partial charge in [-0.1, -0.05) is 25.4 Å². The normalized spacial score (nSPS) is 10.4. The Balaban J connectivity index is 2.91. The van der Waals surface area contributed by atoms with Crippen molar-refractivity contribution < 1.29 is 14.6 Å². The van der Waals surface area contributed by atoms with Gasteiger partial charge in [0, 0.05) is 5.02 Å². The van der Waals surface area contributed by atoms with Crippen LogP contribution in [0.3, 0.4) is 0 Å². The fraction of sp³-hybridized carbons (Fsp3) is 0.364. The van der Waals surface area contributed by atoms with E-state index in [1.165, 1.54) is 6.07 Å². The molecule has 0 amide bonds. The van der Waals surface area contributed by atoms with Crippen LogP contribution in [-0.4, -0.2) is 17.7 Å². The SMILES string of the molecule is CC(C)COc1ccc(Cl)cc1C(=O)O. The van der Waals surface area contributed by atoms with Crippen LogP contribution in [0.25, 0.3) is 0 Å². The van der Waals surface area contributed by atoms with Gasteiger partial charge in [-0.2, -0.15) is 0 Å². The molecule has 0 aliphatic rings. The predicted octanol–water partition coefficient (Wildman–Crippen LogP) is 3.07. The molecule has 82 valence electrons. The molecule has 1 rings (SSSR count). The van der Waals surface area contributed by atoms with Crippen molar-refractivity contribution in [2.24, 2.45) is 5.92 Å². The highest BCUT2D eigenvalue weighted by atomic mass is 35.5. The van der Waals surface area contributed by atoms with E-state index >= 15 is 0 Å². The summed E-state index contributed by atoms with van der Waals surface area (Å²) in [6, 6.07) is 4.58. The lowest BCUT2D eigenvalue weighted by Gasteiger charge is -2.11. The van der Waals surface area contributed by atoms with Crippen LogP contribution in [0.1, 0.15) is 24.2 Å². The molecule has 0 aliphatic carbocycles. The molecular weight excluding hydrogens is 216 g/mol. The maximum Gasteiger partial charge on any atom is 0.339 e. The Bertz CT molecular complexity index is 361. The zero-order valence-electron chi connectivity index (χ0n) is 8.66. The Morgan fingerprint density at radius 1 is 1.53 bits per heavy atom. The van der Waals surface area contributed by atoms with Crippen molar-refractivity contribution in [2.45, 2.75) is 13.8 Å². The summed E-state index contributed by atoms with van der Waals surface area (Å²) in [6.45, 7) is 4.48. The van der Waals surface area contributed by atoms with Crippen molar-refractivity contribution in [3.05, 3.63) is 28.8 Å². The molecule has 0 spiro atoms. The summed E-state index contributed by atoms with van der Waals surface area (Å²) in [5.74, 6) is -0.320. The molecule has 1 aromatic rings. The molecule has 0 atom stereocenters. The first-order chi connectivity index (χ1) is 7.00. The van der Waals surface area contributed by atoms with Crippen LogP contribution in [0.2, 0.25) is 5.02 Å². The number of hydrogen-bond donors (Lipinski definition) is 1. The first-order valence-electron chi connectivity index (χ1n) is 4.66. The number of rotatable bonds is 4. The summed E-state index contributed by atoms with van der Waals surface area (Å²) in [6.07, 6.45) is 0. The van der Waals surface area contributed by atoms with Gasteiger partial charge in [-0.25, -0.2) is 4.79 Å². The highest BCUT2D eigenvalue weighted by Gasteiger charge is 2.12. The van der Waals surface area contributed by atoms with E-state index in [1.807, 2.05) is 13.8 Å². The molecular formula is C11H13ClO3. The molecule has 1 N–H and O–H groups in total. The molecule has 0 unspecified atom stereocenters. The lowest BCUT2D eigenvalue weighted by molar-refractivity contribution is 0.0691. The van der Waals surface area contributed by atoms with Gasteiger partial charge in [-0.3, -0.25) is 0 Å². The van der Waals surface area contributed by atoms with E-state index in [9.17, 15) is 4.79 Å². The van der Waals surface area contributed by atoms with Gasteiger partial charge in [-0.15, -0.1) is 0 Å². The Morgan fingerprint density at radius 3 is 2.73 bits per heavy atom. The largest absolute Gasteiger partial charge is 0.492 e. The van der Waals surface area contributed by atoms with Gasteiger partial charge in [0.05, 0.1) is 6.61 Å². The van der Waals surface area contributed by atoms with Crippen molar-refractivity contribution in [2.75, 3.05) is 6.61 Å². The van der Waals surface area contributed by atoms with Crippen LogP contribution in [0.15, 0.2) is 18.2 Å². The number of halogens is 1. The lowest BCUT2D eigenvalue weighted by Crippen LogP contribution is -2.08. The van der Waals surface area contributed by atoms with E-state index < -0.39 is 5.97 Å². The highest BCUT2D eigenvalue weighted by molar-refractivity contribution is 6.31. The van der Waals surface area contributed by atoms with Gasteiger partial charge in [-0.05, 0) is 24.1 Å². The van der Waals surface area contributed by atoms with Crippen LogP contribution in [0, 0.1) is 5.92 Å².